The van der Waals surface area contributed by atoms with Gasteiger partial charge in [0.05, 0.1) is 64.1 Å². The molecule has 0 saturated carbocycles. The second-order valence-electron chi connectivity index (χ2n) is 26.0. The lowest BCUT2D eigenvalue weighted by Crippen LogP contribution is -2.58. The Morgan fingerprint density at radius 3 is 1.48 bits per heavy atom. The third-order valence-electron chi connectivity index (χ3n) is 18.6. The number of ether oxygens (including phenoxy) is 6. The molecule has 586 valence electrons. The average Bonchev–Trinajstić information content (AvgIpc) is 1.46. The second kappa shape index (κ2) is 37.0. The van der Waals surface area contributed by atoms with E-state index in [0.29, 0.717) is 33.8 Å². The van der Waals surface area contributed by atoms with E-state index in [-0.39, 0.29) is 123 Å². The topological polar surface area (TPSA) is 489 Å². The number of para-hydroxylation sites is 2. The summed E-state index contributed by atoms with van der Waals surface area (Å²) in [5.74, 6) is -9.80. The smallest absolute Gasteiger partial charge is 0.481 e. The van der Waals surface area contributed by atoms with Crippen molar-refractivity contribution in [2.45, 2.75) is 159 Å². The van der Waals surface area contributed by atoms with E-state index >= 15 is 0 Å². The van der Waals surface area contributed by atoms with E-state index in [1.54, 1.807) is 30.5 Å². The van der Waals surface area contributed by atoms with Crippen molar-refractivity contribution in [3.63, 3.8) is 0 Å². The number of aliphatic hydroxyl groups is 1. The van der Waals surface area contributed by atoms with E-state index in [0.717, 1.165) is 50.4 Å². The number of benzene rings is 2. The van der Waals surface area contributed by atoms with Crippen LogP contribution in [0.2, 0.25) is 0 Å². The van der Waals surface area contributed by atoms with E-state index < -0.39 is 156 Å². The molecule has 110 heavy (non-hydrogen) atoms. The number of nitrogens with zero attached hydrogens (tertiary/aromatic N) is 4. The zero-order valence-corrected chi connectivity index (χ0v) is 63.3. The summed E-state index contributed by atoms with van der Waals surface area (Å²) in [6.07, 6.45) is -6.19. The maximum atomic E-state index is 14.3. The highest BCUT2D eigenvalue weighted by atomic mass is 33.1. The molecular formula is C72H81N11O23S4. The quantitative estimate of drug-likeness (QED) is 0.00859. The first-order valence-electron chi connectivity index (χ1n) is 35.2. The van der Waals surface area contributed by atoms with Crippen LogP contribution in [0.15, 0.2) is 82.4 Å². The van der Waals surface area contributed by atoms with Crippen LogP contribution in [0.5, 0.6) is 0 Å². The molecule has 4 aromatic heterocycles. The minimum Gasteiger partial charge on any atom is -0.481 e. The Hall–Kier alpha value is -10.3. The zero-order valence-electron chi connectivity index (χ0n) is 60.0. The number of nitrogens with one attached hydrogen (secondary N) is 6. The van der Waals surface area contributed by atoms with Gasteiger partial charge in [-0.05, 0) is 88.3 Å². The van der Waals surface area contributed by atoms with Gasteiger partial charge in [0.15, 0.2) is 0 Å². The van der Waals surface area contributed by atoms with Crippen molar-refractivity contribution >= 4 is 137 Å². The molecule has 1 unspecified atom stereocenters. The van der Waals surface area contributed by atoms with E-state index in [2.05, 4.69) is 31.9 Å². The highest BCUT2D eigenvalue weighted by Gasteiger charge is 2.53. The molecule has 4 aliphatic heterocycles. The number of carboxylic acids is 2. The Labute approximate surface area is 643 Å². The van der Waals surface area contributed by atoms with Crippen LogP contribution in [0, 0.1) is 0 Å². The second-order valence-corrected chi connectivity index (χ2v) is 31.3. The molecule has 0 saturated heterocycles. The predicted molar refractivity (Wildman–Crippen MR) is 401 cm³/mol. The Bertz CT molecular complexity index is 4730. The van der Waals surface area contributed by atoms with E-state index in [1.807, 2.05) is 60.7 Å². The number of primary amides is 1. The maximum absolute atomic E-state index is 14.3. The van der Waals surface area contributed by atoms with Crippen molar-refractivity contribution in [1.82, 2.24) is 51.0 Å². The SMILES string of the molecule is CC[C@]1(OC(=O)OCCSSC[C@@H](NC(C)=O)C(=O)N[C@@H](CCCCNC(=O)[C@@H](CSSCCOC(=O)O[C@]2(CC)C(=O)OCc3c2cc2n(c3=O)Cc3cc4ccccc4nc3-2)NC(C)O)C(=O)N[C@@H](CCC(=O)O)C(=O)N[C@@H](CCC(=O)O)C(N)=O)C(=O)OCc2c1cc1n(c2=O)Cc2cc3ccccc3nc2-1. The number of unbranched alkanes of at least 4 members (excludes halogenated alkanes) is 1. The molecule has 8 atom stereocenters. The summed E-state index contributed by atoms with van der Waals surface area (Å²) in [5.41, 5.74) is 6.00. The molecule has 11 N–H and O–H groups in total. The number of hydrogen-bond acceptors (Lipinski definition) is 28. The van der Waals surface area contributed by atoms with Crippen molar-refractivity contribution < 1.29 is 101 Å². The largest absolute Gasteiger partial charge is 0.509 e. The first-order chi connectivity index (χ1) is 52.6. The number of pyridine rings is 4. The van der Waals surface area contributed by atoms with Crippen LogP contribution in [0.25, 0.3) is 44.6 Å². The van der Waals surface area contributed by atoms with E-state index in [4.69, 9.17) is 44.1 Å². The fourth-order valence-electron chi connectivity index (χ4n) is 13.1. The van der Waals surface area contributed by atoms with Crippen molar-refractivity contribution in [1.29, 1.82) is 0 Å². The predicted octanol–water partition coefficient (Wildman–Crippen LogP) is 4.01. The van der Waals surface area contributed by atoms with Crippen molar-refractivity contribution in [3.8, 4) is 22.8 Å². The van der Waals surface area contributed by atoms with Crippen LogP contribution in [-0.2, 0) is 114 Å². The number of nitrogens with two attached hydrogens (primary N) is 1. The number of amides is 6. The number of hydrogen-bond donors (Lipinski definition) is 10. The summed E-state index contributed by atoms with van der Waals surface area (Å²) >= 11 is 0. The first kappa shape index (κ1) is 82.2. The average molecular weight is 1600 g/mol. The van der Waals surface area contributed by atoms with Crippen LogP contribution >= 0.6 is 43.2 Å². The third kappa shape index (κ3) is 19.3. The summed E-state index contributed by atoms with van der Waals surface area (Å²) in [5, 5.41) is 46.2. The molecule has 0 bridgehead atoms. The molecule has 6 amide bonds. The summed E-state index contributed by atoms with van der Waals surface area (Å²) < 4.78 is 36.3. The monoisotopic (exact) mass is 1600 g/mol. The molecule has 10 rings (SSSR count). The molecule has 0 fully saturated rings. The lowest BCUT2D eigenvalue weighted by molar-refractivity contribution is -0.175. The van der Waals surface area contributed by atoms with E-state index in [1.165, 1.54) is 33.1 Å². The van der Waals surface area contributed by atoms with Crippen LogP contribution in [0.1, 0.15) is 119 Å². The number of aromatic nitrogens is 4. The molecule has 34 nitrogen and oxygen atoms in total. The molecule has 6 aromatic rings. The zero-order chi connectivity index (χ0) is 79.1. The molecule has 8 heterocycles. The van der Waals surface area contributed by atoms with Crippen molar-refractivity contribution in [2.24, 2.45) is 5.73 Å². The maximum Gasteiger partial charge on any atom is 0.509 e. The van der Waals surface area contributed by atoms with Gasteiger partial charge in [-0.1, -0.05) is 93.4 Å². The number of fused-ring (bicyclic) bond motifs is 10. The van der Waals surface area contributed by atoms with Gasteiger partial charge in [0.25, 0.3) is 11.1 Å². The number of cyclic esters (lactones) is 2. The molecular weight excluding hydrogens is 1520 g/mol. The number of carboxylic acid groups (broad SMARTS) is 2. The number of rotatable bonds is 38. The Kier molecular flexibility index (Phi) is 27.6. The minimum absolute atomic E-state index is 0.0321. The van der Waals surface area contributed by atoms with Gasteiger partial charge >= 0.3 is 36.2 Å². The minimum atomic E-state index is -2.06. The molecule has 0 radical (unpaired) electrons. The van der Waals surface area contributed by atoms with Crippen LogP contribution in [0.4, 0.5) is 9.59 Å². The van der Waals surface area contributed by atoms with Gasteiger partial charge in [0, 0.05) is 82.3 Å². The van der Waals surface area contributed by atoms with Gasteiger partial charge in [0.1, 0.15) is 56.8 Å². The summed E-state index contributed by atoms with van der Waals surface area (Å²) in [6, 6.07) is 14.9. The molecule has 0 aliphatic carbocycles. The van der Waals surface area contributed by atoms with Crippen LogP contribution < -0.4 is 48.8 Å². The lowest BCUT2D eigenvalue weighted by Gasteiger charge is -2.35. The summed E-state index contributed by atoms with van der Waals surface area (Å²) in [7, 11) is 4.52. The molecule has 0 spiro atoms. The first-order valence-corrected chi connectivity index (χ1v) is 40.1. The van der Waals surface area contributed by atoms with Crippen LogP contribution in [0.3, 0.4) is 0 Å². The Morgan fingerprint density at radius 2 is 1.03 bits per heavy atom. The molecule has 2 aromatic carbocycles. The van der Waals surface area contributed by atoms with Crippen molar-refractivity contribution in [2.75, 3.05) is 42.8 Å². The normalized spacial score (nSPS) is 17.2. The standard InChI is InChI=1S/C72H81N11O23S4/c1-5-71(45-29-54-58-41(27-39-13-7-9-15-47(39)77-58)31-82(54)65(95)43(45)33-103-67(71)97)105-69(99)101-23-25-107-109-35-52(75-37(3)84)61(91)74-22-12-11-17-50(62(92)81-51(19-21-57(88)89)63(93)79-49(60(73)90)18-20-56(86)87)80-64(94)53(76-38(4)85)36-110-108-26-24-102-70(100)106-72(6-2)46-30-55-59-42(28-40-14-8-10-16-48(40)78-59)32-83(55)66(96)44(46)34-104-68(72)98/h7-10,13-16,27-30,37,49-53,75,84H,5-6,11-12,17-26,31-36H2,1-4H3,(H2,73,90)(H,74,91)(H,76,85)(H,79,93)(H,80,94)(H,81,92)(H,86,87)(H,88,89)/t37?,49-,50-,51-,52+,53+,71-,72+/m0/s1. The number of esters is 2. The van der Waals surface area contributed by atoms with Gasteiger partial charge in [-0.2, -0.15) is 0 Å². The van der Waals surface area contributed by atoms with E-state index in [9.17, 15) is 82.4 Å². The Morgan fingerprint density at radius 1 is 0.582 bits per heavy atom. The highest BCUT2D eigenvalue weighted by molar-refractivity contribution is 8.77. The summed E-state index contributed by atoms with van der Waals surface area (Å²) in [6.45, 7) is 4.91. The van der Waals surface area contributed by atoms with Gasteiger partial charge in [-0.3, -0.25) is 53.3 Å². The van der Waals surface area contributed by atoms with Gasteiger partial charge < -0.3 is 85.2 Å². The fourth-order valence-corrected chi connectivity index (χ4v) is 17.1. The Balaban J connectivity index is 0.724. The molecule has 4 aliphatic rings. The lowest BCUT2D eigenvalue weighted by atomic mass is 9.85. The number of carbonyl (C=O) groups excluding carboxylic acids is 10. The number of aliphatic hydroxyl groups excluding tert-OH is 1. The summed E-state index contributed by atoms with van der Waals surface area (Å²) in [4.78, 5) is 196. The molecule has 38 heteroatoms. The highest BCUT2D eigenvalue weighted by Crippen LogP contribution is 2.44. The number of aliphatic carboxylic acids is 2. The van der Waals surface area contributed by atoms with Gasteiger partial charge in [-0.25, -0.2) is 29.1 Å². The van der Waals surface area contributed by atoms with Crippen LogP contribution in [-0.4, -0.2) is 185 Å². The fraction of sp³-hybridized carbons (Fsp3) is 0.444. The van der Waals surface area contributed by atoms with Gasteiger partial charge in [-0.15, -0.1) is 0 Å². The number of carbonyl (C=O) groups is 12. The van der Waals surface area contributed by atoms with Crippen molar-refractivity contribution in [3.05, 3.63) is 127 Å². The third-order valence-corrected chi connectivity index (χ3v) is 23.3. The van der Waals surface area contributed by atoms with Gasteiger partial charge in [0.2, 0.25) is 46.6 Å².